The minimum Gasteiger partial charge on any atom is -0.324 e. The molecule has 0 aliphatic heterocycles. The Labute approximate surface area is 130 Å². The van der Waals surface area contributed by atoms with Crippen LogP contribution in [0.4, 0.5) is 0 Å². The van der Waals surface area contributed by atoms with E-state index in [9.17, 15) is 8.42 Å². The maximum absolute atomic E-state index is 12.1. The van der Waals surface area contributed by atoms with Gasteiger partial charge in [-0.2, -0.15) is 0 Å². The molecule has 0 saturated carbocycles. The normalized spacial score (nSPS) is 11.5. The van der Waals surface area contributed by atoms with Crippen molar-refractivity contribution < 1.29 is 8.42 Å². The lowest BCUT2D eigenvalue weighted by Crippen LogP contribution is -2.23. The first-order valence-corrected chi connectivity index (χ1v) is 8.40. The van der Waals surface area contributed by atoms with Crippen molar-refractivity contribution in [3.05, 3.63) is 84.7 Å². The maximum Gasteiger partial charge on any atom is 0.240 e. The fourth-order valence-electron chi connectivity index (χ4n) is 2.15. The van der Waals surface area contributed by atoms with Crippen LogP contribution in [-0.4, -0.2) is 13.0 Å². The summed E-state index contributed by atoms with van der Waals surface area (Å²) in [4.78, 5) is 0.277. The molecular formula is C17H16N2O2S. The summed E-state index contributed by atoms with van der Waals surface area (Å²) in [6, 6.07) is 20.1. The van der Waals surface area contributed by atoms with Crippen molar-refractivity contribution in [2.24, 2.45) is 0 Å². The zero-order chi connectivity index (χ0) is 15.4. The van der Waals surface area contributed by atoms with Gasteiger partial charge in [0.2, 0.25) is 10.0 Å². The molecule has 2 aromatic carbocycles. The summed E-state index contributed by atoms with van der Waals surface area (Å²) in [5.74, 6) is 0. The Hall–Kier alpha value is -2.37. The largest absolute Gasteiger partial charge is 0.324 e. The average Bonchev–Trinajstić information content (AvgIpc) is 3.09. The molecule has 5 heteroatoms. The third-order valence-corrected chi connectivity index (χ3v) is 4.78. The Morgan fingerprint density at radius 3 is 2.09 bits per heavy atom. The molecular weight excluding hydrogens is 296 g/mol. The molecule has 0 bridgehead atoms. The first-order valence-electron chi connectivity index (χ1n) is 6.92. The van der Waals surface area contributed by atoms with Gasteiger partial charge in [0.05, 0.1) is 4.90 Å². The van der Waals surface area contributed by atoms with Crippen molar-refractivity contribution in [1.29, 1.82) is 0 Å². The third-order valence-electron chi connectivity index (χ3n) is 3.36. The Morgan fingerprint density at radius 2 is 1.45 bits per heavy atom. The monoisotopic (exact) mass is 312 g/mol. The summed E-state index contributed by atoms with van der Waals surface area (Å²) in [7, 11) is -3.47. The van der Waals surface area contributed by atoms with Crippen LogP contribution in [0.1, 0.15) is 5.56 Å². The highest BCUT2D eigenvalue weighted by molar-refractivity contribution is 7.89. The predicted octanol–water partition coefficient (Wildman–Crippen LogP) is 2.96. The van der Waals surface area contributed by atoms with Crippen molar-refractivity contribution in [1.82, 2.24) is 9.29 Å². The lowest BCUT2D eigenvalue weighted by atomic mass is 10.2. The SMILES string of the molecule is O=S(=O)(NCc1ccc(-n2cccc2)cc1)c1ccccc1. The summed E-state index contributed by atoms with van der Waals surface area (Å²) >= 11 is 0. The molecule has 4 nitrogen and oxygen atoms in total. The summed E-state index contributed by atoms with van der Waals surface area (Å²) in [6.45, 7) is 0.267. The average molecular weight is 312 g/mol. The lowest BCUT2D eigenvalue weighted by molar-refractivity contribution is 0.581. The van der Waals surface area contributed by atoms with Crippen LogP contribution in [0.5, 0.6) is 0 Å². The molecule has 1 heterocycles. The van der Waals surface area contributed by atoms with Gasteiger partial charge >= 0.3 is 0 Å². The van der Waals surface area contributed by atoms with Gasteiger partial charge in [-0.15, -0.1) is 0 Å². The lowest BCUT2D eigenvalue weighted by Gasteiger charge is -2.08. The van der Waals surface area contributed by atoms with Gasteiger partial charge in [0.1, 0.15) is 0 Å². The standard InChI is InChI=1S/C17H16N2O2S/c20-22(21,17-6-2-1-3-7-17)18-14-15-8-10-16(11-9-15)19-12-4-5-13-19/h1-13,18H,14H2. The molecule has 0 atom stereocenters. The van der Waals surface area contributed by atoms with Gasteiger partial charge in [-0.05, 0) is 42.0 Å². The van der Waals surface area contributed by atoms with Crippen LogP contribution in [0.15, 0.2) is 84.0 Å². The molecule has 3 rings (SSSR count). The van der Waals surface area contributed by atoms with E-state index in [1.165, 1.54) is 0 Å². The number of nitrogens with one attached hydrogen (secondary N) is 1. The van der Waals surface area contributed by atoms with E-state index in [1.807, 2.05) is 53.4 Å². The smallest absolute Gasteiger partial charge is 0.240 e. The number of nitrogens with zero attached hydrogens (tertiary/aromatic N) is 1. The molecule has 0 aliphatic carbocycles. The highest BCUT2D eigenvalue weighted by Gasteiger charge is 2.12. The fourth-order valence-corrected chi connectivity index (χ4v) is 3.19. The van der Waals surface area contributed by atoms with Crippen LogP contribution in [0.3, 0.4) is 0 Å². The summed E-state index contributed by atoms with van der Waals surface area (Å²) in [5, 5.41) is 0. The highest BCUT2D eigenvalue weighted by Crippen LogP contribution is 2.12. The number of hydrogen-bond acceptors (Lipinski definition) is 2. The number of aromatic nitrogens is 1. The molecule has 1 aromatic heterocycles. The molecule has 0 spiro atoms. The van der Waals surface area contributed by atoms with Crippen LogP contribution in [0.25, 0.3) is 5.69 Å². The molecule has 22 heavy (non-hydrogen) atoms. The number of hydrogen-bond donors (Lipinski definition) is 1. The topological polar surface area (TPSA) is 51.1 Å². The van der Waals surface area contributed by atoms with Gasteiger partial charge < -0.3 is 4.57 Å². The molecule has 0 radical (unpaired) electrons. The first-order chi connectivity index (χ1) is 10.6. The second-order valence-electron chi connectivity index (χ2n) is 4.89. The van der Waals surface area contributed by atoms with E-state index in [2.05, 4.69) is 4.72 Å². The van der Waals surface area contributed by atoms with Crippen molar-refractivity contribution in [2.75, 3.05) is 0 Å². The molecule has 112 valence electrons. The van der Waals surface area contributed by atoms with E-state index in [0.29, 0.717) is 0 Å². The van der Waals surface area contributed by atoms with Crippen LogP contribution < -0.4 is 4.72 Å². The van der Waals surface area contributed by atoms with Crippen molar-refractivity contribution in [2.45, 2.75) is 11.4 Å². The van der Waals surface area contributed by atoms with E-state index in [-0.39, 0.29) is 11.4 Å². The Balaban J connectivity index is 1.69. The molecule has 1 N–H and O–H groups in total. The highest BCUT2D eigenvalue weighted by atomic mass is 32.2. The Bertz CT molecular complexity index is 824. The van der Waals surface area contributed by atoms with Crippen LogP contribution in [-0.2, 0) is 16.6 Å². The van der Waals surface area contributed by atoms with Gasteiger partial charge in [-0.3, -0.25) is 0 Å². The molecule has 0 aliphatic rings. The minimum absolute atomic E-state index is 0.267. The van der Waals surface area contributed by atoms with E-state index < -0.39 is 10.0 Å². The van der Waals surface area contributed by atoms with E-state index in [4.69, 9.17) is 0 Å². The zero-order valence-corrected chi connectivity index (χ0v) is 12.7. The summed E-state index contributed by atoms with van der Waals surface area (Å²) in [5.41, 5.74) is 1.95. The number of benzene rings is 2. The predicted molar refractivity (Wildman–Crippen MR) is 86.2 cm³/mol. The molecule has 0 fully saturated rings. The van der Waals surface area contributed by atoms with Crippen LogP contribution >= 0.6 is 0 Å². The first kappa shape index (κ1) is 14.6. The van der Waals surface area contributed by atoms with Gasteiger partial charge in [-0.25, -0.2) is 13.1 Å². The minimum atomic E-state index is -3.47. The Morgan fingerprint density at radius 1 is 0.818 bits per heavy atom. The molecule has 3 aromatic rings. The molecule has 0 saturated heterocycles. The number of sulfonamides is 1. The van der Waals surface area contributed by atoms with E-state index in [1.54, 1.807) is 30.3 Å². The number of rotatable bonds is 5. The van der Waals surface area contributed by atoms with Crippen LogP contribution in [0, 0.1) is 0 Å². The van der Waals surface area contributed by atoms with Crippen molar-refractivity contribution in [3.63, 3.8) is 0 Å². The van der Waals surface area contributed by atoms with Gasteiger partial charge in [0, 0.05) is 24.6 Å². The quantitative estimate of drug-likeness (QED) is 0.787. The zero-order valence-electron chi connectivity index (χ0n) is 11.9. The third kappa shape index (κ3) is 3.27. The second kappa shape index (κ2) is 6.17. The fraction of sp³-hybridized carbons (Fsp3) is 0.0588. The second-order valence-corrected chi connectivity index (χ2v) is 6.66. The van der Waals surface area contributed by atoms with Gasteiger partial charge in [0.15, 0.2) is 0 Å². The van der Waals surface area contributed by atoms with E-state index >= 15 is 0 Å². The summed E-state index contributed by atoms with van der Waals surface area (Å²) < 4.78 is 28.9. The van der Waals surface area contributed by atoms with Crippen LogP contribution in [0.2, 0.25) is 0 Å². The maximum atomic E-state index is 12.1. The van der Waals surface area contributed by atoms with Gasteiger partial charge in [-0.1, -0.05) is 30.3 Å². The molecule has 0 amide bonds. The molecule has 0 unspecified atom stereocenters. The van der Waals surface area contributed by atoms with E-state index in [0.717, 1.165) is 11.3 Å². The van der Waals surface area contributed by atoms with Gasteiger partial charge in [0.25, 0.3) is 0 Å². The summed E-state index contributed by atoms with van der Waals surface area (Å²) in [6.07, 6.45) is 3.93. The Kier molecular flexibility index (Phi) is 4.09. The van der Waals surface area contributed by atoms with Crippen molar-refractivity contribution in [3.8, 4) is 5.69 Å². The van der Waals surface area contributed by atoms with Crippen molar-refractivity contribution >= 4 is 10.0 Å².